The Labute approximate surface area is 211 Å². The van der Waals surface area contributed by atoms with Gasteiger partial charge in [-0.15, -0.1) is 0 Å². The van der Waals surface area contributed by atoms with Crippen molar-refractivity contribution in [3.05, 3.63) is 113 Å². The van der Waals surface area contributed by atoms with Gasteiger partial charge in [-0.25, -0.2) is 4.79 Å². The molecule has 0 aromatic heterocycles. The molecule has 5 heteroatoms. The number of unbranched alkanes of at least 4 members (excludes halogenated alkanes) is 1. The van der Waals surface area contributed by atoms with Crippen molar-refractivity contribution >= 4 is 23.0 Å². The number of carbonyl (C=O) groups excluding carboxylic acids is 1. The van der Waals surface area contributed by atoms with Gasteiger partial charge in [-0.2, -0.15) is 0 Å². The largest absolute Gasteiger partial charge is 0.456 e. The van der Waals surface area contributed by atoms with Crippen LogP contribution in [-0.2, 0) is 10.3 Å². The van der Waals surface area contributed by atoms with Crippen molar-refractivity contribution in [2.24, 2.45) is 0 Å². The molecular formula is C31H28N2O3. The van der Waals surface area contributed by atoms with E-state index in [0.29, 0.717) is 17.1 Å². The van der Waals surface area contributed by atoms with Crippen LogP contribution >= 0.6 is 0 Å². The van der Waals surface area contributed by atoms with E-state index in [9.17, 15) is 4.79 Å². The minimum atomic E-state index is -1.08. The highest BCUT2D eigenvalue weighted by Crippen LogP contribution is 2.57. The Morgan fingerprint density at radius 3 is 2.42 bits per heavy atom. The number of carbonyl (C=O) groups is 1. The van der Waals surface area contributed by atoms with Crippen LogP contribution in [0, 0.1) is 6.92 Å². The predicted molar refractivity (Wildman–Crippen MR) is 143 cm³/mol. The normalized spacial score (nSPS) is 17.0. The van der Waals surface area contributed by atoms with Gasteiger partial charge < -0.3 is 20.1 Å². The first kappa shape index (κ1) is 22.2. The number of esters is 1. The van der Waals surface area contributed by atoms with E-state index in [1.807, 2.05) is 78.9 Å². The van der Waals surface area contributed by atoms with E-state index < -0.39 is 5.60 Å². The number of ether oxygens (including phenoxy) is 2. The molecule has 2 aliphatic rings. The van der Waals surface area contributed by atoms with Crippen LogP contribution in [0.1, 0.15) is 52.4 Å². The molecular weight excluding hydrogens is 448 g/mol. The SMILES string of the molecule is CCCCNc1ccc2c(c1)Oc1cc(C)c(Nc3ccccc3)cc1C21OC(=O)c2ccccc21. The summed E-state index contributed by atoms with van der Waals surface area (Å²) in [7, 11) is 0. The van der Waals surface area contributed by atoms with Gasteiger partial charge >= 0.3 is 5.97 Å². The molecule has 4 aromatic carbocycles. The standard InChI is InChI=1S/C31H28N2O3/c1-3-4-16-32-22-14-15-25-29(18-22)35-28-17-20(2)27(33-21-10-6-5-7-11-21)19-26(28)31(25)24-13-9-8-12-23(24)30(34)36-31/h5-15,17-19,32-33H,3-4,16H2,1-2H3. The summed E-state index contributed by atoms with van der Waals surface area (Å²) in [5, 5.41) is 7.00. The molecule has 0 radical (unpaired) electrons. The van der Waals surface area contributed by atoms with Crippen LogP contribution in [0.3, 0.4) is 0 Å². The van der Waals surface area contributed by atoms with Gasteiger partial charge in [0.1, 0.15) is 11.5 Å². The first-order valence-electron chi connectivity index (χ1n) is 12.5. The first-order chi connectivity index (χ1) is 17.6. The number of hydrogen-bond acceptors (Lipinski definition) is 5. The Balaban J connectivity index is 1.53. The number of fused-ring (bicyclic) bond motifs is 6. The van der Waals surface area contributed by atoms with Gasteiger partial charge in [-0.3, -0.25) is 0 Å². The monoisotopic (exact) mass is 476 g/mol. The predicted octanol–water partition coefficient (Wildman–Crippen LogP) is 7.52. The summed E-state index contributed by atoms with van der Waals surface area (Å²) < 4.78 is 12.8. The minimum absolute atomic E-state index is 0.326. The van der Waals surface area contributed by atoms with Gasteiger partial charge in [0.25, 0.3) is 0 Å². The van der Waals surface area contributed by atoms with Crippen molar-refractivity contribution in [1.29, 1.82) is 0 Å². The maximum atomic E-state index is 13.2. The lowest BCUT2D eigenvalue weighted by Gasteiger charge is -2.37. The first-order valence-corrected chi connectivity index (χ1v) is 12.5. The second-order valence-electron chi connectivity index (χ2n) is 9.36. The fourth-order valence-corrected chi connectivity index (χ4v) is 5.15. The molecule has 0 fully saturated rings. The van der Waals surface area contributed by atoms with Crippen LogP contribution in [0.4, 0.5) is 17.1 Å². The third-order valence-corrected chi connectivity index (χ3v) is 6.97. The number of para-hydroxylation sites is 1. The van der Waals surface area contributed by atoms with Gasteiger partial charge in [-0.1, -0.05) is 49.7 Å². The Hall–Kier alpha value is -4.25. The molecule has 180 valence electrons. The molecule has 2 aliphatic heterocycles. The maximum Gasteiger partial charge on any atom is 0.340 e. The molecule has 0 saturated heterocycles. The smallest absolute Gasteiger partial charge is 0.340 e. The van der Waals surface area contributed by atoms with Crippen LogP contribution in [0.25, 0.3) is 0 Å². The molecule has 2 heterocycles. The molecule has 1 unspecified atom stereocenters. The average molecular weight is 477 g/mol. The molecule has 1 spiro atoms. The van der Waals surface area contributed by atoms with Crippen LogP contribution in [0.2, 0.25) is 0 Å². The molecule has 0 saturated carbocycles. The number of hydrogen-bond donors (Lipinski definition) is 2. The highest BCUT2D eigenvalue weighted by Gasteiger charge is 2.53. The van der Waals surface area contributed by atoms with Crippen LogP contribution in [-0.4, -0.2) is 12.5 Å². The van der Waals surface area contributed by atoms with Crippen molar-refractivity contribution in [3.63, 3.8) is 0 Å². The summed E-state index contributed by atoms with van der Waals surface area (Å²) in [6, 6.07) is 27.8. The van der Waals surface area contributed by atoms with Crippen molar-refractivity contribution in [1.82, 2.24) is 0 Å². The van der Waals surface area contributed by atoms with Crippen LogP contribution in [0.5, 0.6) is 11.5 Å². The summed E-state index contributed by atoms with van der Waals surface area (Å²) in [6.45, 7) is 5.12. The van der Waals surface area contributed by atoms with Gasteiger partial charge in [-0.05, 0) is 61.4 Å². The van der Waals surface area contributed by atoms with E-state index in [1.54, 1.807) is 0 Å². The zero-order valence-corrected chi connectivity index (χ0v) is 20.4. The highest BCUT2D eigenvalue weighted by molar-refractivity contribution is 5.97. The quantitative estimate of drug-likeness (QED) is 0.223. The van der Waals surface area contributed by atoms with Crippen molar-refractivity contribution < 1.29 is 14.3 Å². The number of anilines is 3. The molecule has 4 aromatic rings. The molecule has 2 N–H and O–H groups in total. The van der Waals surface area contributed by atoms with Gasteiger partial charge in [0.05, 0.1) is 5.56 Å². The number of rotatable bonds is 6. The molecule has 36 heavy (non-hydrogen) atoms. The van der Waals surface area contributed by atoms with Gasteiger partial charge in [0.2, 0.25) is 0 Å². The van der Waals surface area contributed by atoms with Crippen molar-refractivity contribution in [2.75, 3.05) is 17.2 Å². The molecule has 0 bridgehead atoms. The molecule has 0 aliphatic carbocycles. The van der Waals surface area contributed by atoms with Gasteiger partial charge in [0, 0.05) is 46.4 Å². The van der Waals surface area contributed by atoms with Crippen LogP contribution in [0.15, 0.2) is 84.9 Å². The summed E-state index contributed by atoms with van der Waals surface area (Å²) in [4.78, 5) is 13.2. The van der Waals surface area contributed by atoms with Gasteiger partial charge in [0.15, 0.2) is 5.60 Å². The molecule has 6 rings (SSSR count). The summed E-state index contributed by atoms with van der Waals surface area (Å²) >= 11 is 0. The lowest BCUT2D eigenvalue weighted by molar-refractivity contribution is 0.0224. The number of benzene rings is 4. The Bertz CT molecular complexity index is 1460. The molecule has 0 amide bonds. The third kappa shape index (κ3) is 3.51. The van der Waals surface area contributed by atoms with Crippen molar-refractivity contribution in [2.45, 2.75) is 32.3 Å². The number of aryl methyl sites for hydroxylation is 1. The minimum Gasteiger partial charge on any atom is -0.456 e. The van der Waals surface area contributed by atoms with E-state index in [4.69, 9.17) is 9.47 Å². The lowest BCUT2D eigenvalue weighted by Crippen LogP contribution is -2.33. The Morgan fingerprint density at radius 2 is 1.58 bits per heavy atom. The second-order valence-corrected chi connectivity index (χ2v) is 9.36. The zero-order chi connectivity index (χ0) is 24.7. The maximum absolute atomic E-state index is 13.2. The van der Waals surface area contributed by atoms with E-state index in [-0.39, 0.29) is 5.97 Å². The summed E-state index contributed by atoms with van der Waals surface area (Å²) in [5.41, 5.74) is 5.90. The Morgan fingerprint density at radius 1 is 0.806 bits per heavy atom. The fraction of sp³-hybridized carbons (Fsp3) is 0.194. The fourth-order valence-electron chi connectivity index (χ4n) is 5.15. The number of nitrogens with one attached hydrogen (secondary N) is 2. The third-order valence-electron chi connectivity index (χ3n) is 6.97. The molecule has 5 nitrogen and oxygen atoms in total. The summed E-state index contributed by atoms with van der Waals surface area (Å²) in [5.74, 6) is 1.05. The zero-order valence-electron chi connectivity index (χ0n) is 20.4. The van der Waals surface area contributed by atoms with E-state index in [2.05, 4.69) is 30.5 Å². The molecule has 1 atom stereocenters. The van der Waals surface area contributed by atoms with E-state index in [0.717, 1.165) is 58.7 Å². The van der Waals surface area contributed by atoms with E-state index in [1.165, 1.54) is 0 Å². The van der Waals surface area contributed by atoms with E-state index >= 15 is 0 Å². The Kier molecular flexibility index (Phi) is 5.41. The summed E-state index contributed by atoms with van der Waals surface area (Å²) in [6.07, 6.45) is 2.21. The second kappa shape index (κ2) is 8.76. The topological polar surface area (TPSA) is 59.6 Å². The van der Waals surface area contributed by atoms with Crippen molar-refractivity contribution in [3.8, 4) is 11.5 Å². The highest BCUT2D eigenvalue weighted by atomic mass is 16.6. The van der Waals surface area contributed by atoms with Crippen LogP contribution < -0.4 is 15.4 Å². The lowest BCUT2D eigenvalue weighted by atomic mass is 9.77. The average Bonchev–Trinajstić information content (AvgIpc) is 3.19.